The first kappa shape index (κ1) is 14.9. The van der Waals surface area contributed by atoms with Crippen molar-refractivity contribution in [1.82, 2.24) is 5.32 Å². The number of fused-ring (bicyclic) bond motifs is 1. The van der Waals surface area contributed by atoms with Gasteiger partial charge in [0.05, 0.1) is 10.9 Å². The molecule has 112 valence electrons. The Morgan fingerprint density at radius 3 is 3.00 bits per heavy atom. The molecule has 21 heavy (non-hydrogen) atoms. The van der Waals surface area contributed by atoms with Crippen LogP contribution in [0.15, 0.2) is 36.4 Å². The third kappa shape index (κ3) is 4.00. The van der Waals surface area contributed by atoms with Gasteiger partial charge in [-0.2, -0.15) is 0 Å². The van der Waals surface area contributed by atoms with Crippen LogP contribution in [0.2, 0.25) is 4.34 Å². The third-order valence-electron chi connectivity index (χ3n) is 3.81. The molecule has 1 aromatic heterocycles. The van der Waals surface area contributed by atoms with Gasteiger partial charge in [-0.25, -0.2) is 0 Å². The Labute approximate surface area is 135 Å². The van der Waals surface area contributed by atoms with Crippen LogP contribution in [0, 0.1) is 0 Å². The van der Waals surface area contributed by atoms with Crippen LogP contribution in [-0.2, 0) is 6.42 Å². The van der Waals surface area contributed by atoms with Crippen LogP contribution in [0.5, 0.6) is 5.75 Å². The fourth-order valence-corrected chi connectivity index (χ4v) is 4.17. The second kappa shape index (κ2) is 7.30. The van der Waals surface area contributed by atoms with E-state index in [4.69, 9.17) is 16.3 Å². The van der Waals surface area contributed by atoms with Crippen LogP contribution in [0.4, 0.5) is 0 Å². The topological polar surface area (TPSA) is 21.3 Å². The minimum atomic E-state index is 0.467. The molecule has 1 heterocycles. The number of para-hydroxylation sites is 1. The minimum absolute atomic E-state index is 0.467. The van der Waals surface area contributed by atoms with Crippen LogP contribution in [-0.4, -0.2) is 13.2 Å². The number of hydrogen-bond donors (Lipinski definition) is 1. The number of thiophene rings is 1. The maximum Gasteiger partial charge on any atom is 0.119 e. The second-order valence-corrected chi connectivity index (χ2v) is 7.11. The zero-order chi connectivity index (χ0) is 14.5. The highest BCUT2D eigenvalue weighted by Gasteiger charge is 2.21. The predicted molar refractivity (Wildman–Crippen MR) is 89.6 cm³/mol. The summed E-state index contributed by atoms with van der Waals surface area (Å²) < 4.78 is 6.63. The lowest BCUT2D eigenvalue weighted by Crippen LogP contribution is -2.26. The van der Waals surface area contributed by atoms with Crippen molar-refractivity contribution >= 4 is 22.9 Å². The largest absolute Gasteiger partial charge is 0.494 e. The fraction of sp³-hybridized carbons (Fsp3) is 0.412. The van der Waals surface area contributed by atoms with E-state index in [0.29, 0.717) is 6.04 Å². The van der Waals surface area contributed by atoms with Crippen molar-refractivity contribution in [2.24, 2.45) is 0 Å². The van der Waals surface area contributed by atoms with E-state index in [-0.39, 0.29) is 0 Å². The number of hydrogen-bond acceptors (Lipinski definition) is 3. The summed E-state index contributed by atoms with van der Waals surface area (Å²) in [7, 11) is 0. The van der Waals surface area contributed by atoms with Gasteiger partial charge in [-0.3, -0.25) is 0 Å². The van der Waals surface area contributed by atoms with Gasteiger partial charge in [-0.05, 0) is 56.0 Å². The molecule has 1 unspecified atom stereocenters. The second-order valence-electron chi connectivity index (χ2n) is 5.34. The van der Waals surface area contributed by atoms with E-state index in [1.807, 2.05) is 30.3 Å². The molecule has 0 amide bonds. The Hall–Kier alpha value is -1.03. The Bertz CT molecular complexity index is 569. The van der Waals surface area contributed by atoms with Gasteiger partial charge < -0.3 is 10.1 Å². The average Bonchev–Trinajstić information content (AvgIpc) is 2.89. The molecule has 1 atom stereocenters. The average molecular weight is 322 g/mol. The Morgan fingerprint density at radius 1 is 1.29 bits per heavy atom. The van der Waals surface area contributed by atoms with Gasteiger partial charge in [-0.15, -0.1) is 11.3 Å². The number of nitrogens with one attached hydrogen (secondary N) is 1. The van der Waals surface area contributed by atoms with Crippen molar-refractivity contribution in [3.63, 3.8) is 0 Å². The Balaban J connectivity index is 1.42. The van der Waals surface area contributed by atoms with E-state index in [1.165, 1.54) is 29.7 Å². The summed E-state index contributed by atoms with van der Waals surface area (Å²) in [6.07, 6.45) is 4.66. The lowest BCUT2D eigenvalue weighted by Gasteiger charge is -2.23. The van der Waals surface area contributed by atoms with Crippen LogP contribution in [0.1, 0.15) is 35.7 Å². The highest BCUT2D eigenvalue weighted by molar-refractivity contribution is 7.16. The zero-order valence-corrected chi connectivity index (χ0v) is 13.6. The van der Waals surface area contributed by atoms with E-state index in [2.05, 4.69) is 11.4 Å². The highest BCUT2D eigenvalue weighted by atomic mass is 35.5. The number of ether oxygens (including phenoxy) is 1. The Kier molecular flexibility index (Phi) is 5.17. The van der Waals surface area contributed by atoms with Crippen molar-refractivity contribution in [2.45, 2.75) is 31.7 Å². The molecule has 0 aliphatic heterocycles. The molecule has 0 spiro atoms. The first-order valence-corrected chi connectivity index (χ1v) is 8.72. The van der Waals surface area contributed by atoms with Gasteiger partial charge in [0.25, 0.3) is 0 Å². The first-order chi connectivity index (χ1) is 10.3. The van der Waals surface area contributed by atoms with Gasteiger partial charge in [0.1, 0.15) is 5.75 Å². The van der Waals surface area contributed by atoms with Crippen molar-refractivity contribution in [1.29, 1.82) is 0 Å². The van der Waals surface area contributed by atoms with Crippen molar-refractivity contribution in [3.8, 4) is 5.75 Å². The molecule has 1 N–H and O–H groups in total. The van der Waals surface area contributed by atoms with Crippen molar-refractivity contribution in [3.05, 3.63) is 51.2 Å². The van der Waals surface area contributed by atoms with E-state index >= 15 is 0 Å². The van der Waals surface area contributed by atoms with Crippen LogP contribution < -0.4 is 10.1 Å². The predicted octanol–water partition coefficient (Wildman–Crippen LogP) is 4.84. The van der Waals surface area contributed by atoms with Crippen LogP contribution >= 0.6 is 22.9 Å². The summed E-state index contributed by atoms with van der Waals surface area (Å²) in [5.74, 6) is 0.946. The van der Waals surface area contributed by atoms with E-state index in [1.54, 1.807) is 11.3 Å². The smallest absolute Gasteiger partial charge is 0.119 e. The quantitative estimate of drug-likeness (QED) is 0.769. The molecule has 0 saturated carbocycles. The molecule has 1 aliphatic carbocycles. The molecule has 1 aromatic carbocycles. The summed E-state index contributed by atoms with van der Waals surface area (Å²) in [5, 5.41) is 3.65. The molecule has 2 aromatic rings. The lowest BCUT2D eigenvalue weighted by atomic mass is 9.94. The zero-order valence-electron chi connectivity index (χ0n) is 12.0. The summed E-state index contributed by atoms with van der Waals surface area (Å²) >= 11 is 7.87. The van der Waals surface area contributed by atoms with Crippen molar-refractivity contribution in [2.75, 3.05) is 13.2 Å². The molecule has 0 radical (unpaired) electrons. The van der Waals surface area contributed by atoms with Gasteiger partial charge in [0.2, 0.25) is 0 Å². The third-order valence-corrected chi connectivity index (χ3v) is 5.15. The van der Waals surface area contributed by atoms with Crippen LogP contribution in [0.3, 0.4) is 0 Å². The molecule has 1 aliphatic rings. The summed E-state index contributed by atoms with van der Waals surface area (Å²) in [6, 6.07) is 12.6. The Morgan fingerprint density at radius 2 is 2.14 bits per heavy atom. The van der Waals surface area contributed by atoms with E-state index in [9.17, 15) is 0 Å². The molecule has 0 saturated heterocycles. The first-order valence-electron chi connectivity index (χ1n) is 7.52. The van der Waals surface area contributed by atoms with E-state index in [0.717, 1.165) is 29.7 Å². The molecular formula is C17H20ClNOS. The number of rotatable bonds is 6. The summed E-state index contributed by atoms with van der Waals surface area (Å²) in [6.45, 7) is 1.73. The van der Waals surface area contributed by atoms with Gasteiger partial charge in [-0.1, -0.05) is 29.8 Å². The van der Waals surface area contributed by atoms with Gasteiger partial charge in [0.15, 0.2) is 0 Å². The molecule has 0 bridgehead atoms. The maximum absolute atomic E-state index is 6.14. The summed E-state index contributed by atoms with van der Waals surface area (Å²) in [5.41, 5.74) is 1.42. The molecule has 3 rings (SSSR count). The number of halogens is 1. The van der Waals surface area contributed by atoms with Gasteiger partial charge >= 0.3 is 0 Å². The van der Waals surface area contributed by atoms with Crippen molar-refractivity contribution < 1.29 is 4.74 Å². The standard InChI is InChI=1S/C17H20ClNOS/c18-17-12-14-15(8-4-9-16(14)21-17)19-10-5-11-20-13-6-2-1-3-7-13/h1-3,6-7,12,15,19H,4-5,8-11H2. The highest BCUT2D eigenvalue weighted by Crippen LogP contribution is 2.37. The molecule has 4 heteroatoms. The van der Waals surface area contributed by atoms with Crippen LogP contribution in [0.25, 0.3) is 0 Å². The summed E-state index contributed by atoms with van der Waals surface area (Å²) in [4.78, 5) is 1.46. The normalized spacial score (nSPS) is 17.5. The number of benzene rings is 1. The molecular weight excluding hydrogens is 302 g/mol. The lowest BCUT2D eigenvalue weighted by molar-refractivity contribution is 0.303. The van der Waals surface area contributed by atoms with Gasteiger partial charge in [0, 0.05) is 10.9 Å². The maximum atomic E-state index is 6.14. The van der Waals surface area contributed by atoms with E-state index < -0.39 is 0 Å². The molecule has 0 fully saturated rings. The monoisotopic (exact) mass is 321 g/mol. The number of aryl methyl sites for hydroxylation is 1. The minimum Gasteiger partial charge on any atom is -0.494 e. The fourth-order valence-electron chi connectivity index (χ4n) is 2.79. The SMILES string of the molecule is Clc1cc2c(s1)CCCC2NCCCOc1ccccc1. The molecule has 2 nitrogen and oxygen atoms in total.